The van der Waals surface area contributed by atoms with Crippen LogP contribution in [0.2, 0.25) is 0 Å². The van der Waals surface area contributed by atoms with Gasteiger partial charge >= 0.3 is 0 Å². The van der Waals surface area contributed by atoms with Crippen molar-refractivity contribution < 1.29 is 19.2 Å². The zero-order valence-electron chi connectivity index (χ0n) is 16.4. The van der Waals surface area contributed by atoms with Crippen LogP contribution >= 0.6 is 0 Å². The number of anilines is 1. The van der Waals surface area contributed by atoms with E-state index in [1.165, 1.54) is 24.4 Å². The highest BCUT2D eigenvalue weighted by molar-refractivity contribution is 6.04. The van der Waals surface area contributed by atoms with E-state index in [1.807, 2.05) is 0 Å². The fourth-order valence-electron chi connectivity index (χ4n) is 2.60. The molecule has 0 heterocycles. The lowest BCUT2D eigenvalue weighted by Gasteiger charge is -2.07. The number of carbonyl (C=O) groups excluding carboxylic acids is 2. The number of non-ortho nitro benzene ring substituents is 1. The van der Waals surface area contributed by atoms with Crippen molar-refractivity contribution in [2.75, 3.05) is 12.4 Å². The Balaban J connectivity index is 1.57. The molecule has 0 aromatic heterocycles. The molecular weight excluding hydrogens is 400 g/mol. The summed E-state index contributed by atoms with van der Waals surface area (Å²) in [6.07, 6.45) is 1.31. The van der Waals surface area contributed by atoms with E-state index in [4.69, 9.17) is 4.74 Å². The quantitative estimate of drug-likeness (QED) is 0.345. The van der Waals surface area contributed by atoms with E-state index >= 15 is 0 Å². The summed E-state index contributed by atoms with van der Waals surface area (Å²) in [6.45, 7) is 0. The first-order valence-corrected chi connectivity index (χ1v) is 9.09. The highest BCUT2D eigenvalue weighted by atomic mass is 16.6. The van der Waals surface area contributed by atoms with Crippen molar-refractivity contribution in [1.82, 2.24) is 5.43 Å². The zero-order chi connectivity index (χ0) is 22.2. The van der Waals surface area contributed by atoms with E-state index in [1.54, 1.807) is 61.7 Å². The summed E-state index contributed by atoms with van der Waals surface area (Å²) in [7, 11) is 1.55. The minimum absolute atomic E-state index is 0.0671. The average Bonchev–Trinajstić information content (AvgIpc) is 2.79. The number of ether oxygens (including phenoxy) is 1. The van der Waals surface area contributed by atoms with Crippen LogP contribution in [0.3, 0.4) is 0 Å². The summed E-state index contributed by atoms with van der Waals surface area (Å²) in [5.41, 5.74) is 4.09. The number of hydrogen-bond acceptors (Lipinski definition) is 6. The van der Waals surface area contributed by atoms with Gasteiger partial charge < -0.3 is 10.1 Å². The molecule has 0 saturated heterocycles. The van der Waals surface area contributed by atoms with Gasteiger partial charge in [0.05, 0.1) is 18.2 Å². The molecule has 0 aliphatic rings. The molecule has 156 valence electrons. The number of nitrogens with zero attached hydrogens (tertiary/aromatic N) is 2. The third-order valence-electron chi connectivity index (χ3n) is 4.22. The van der Waals surface area contributed by atoms with Crippen LogP contribution in [-0.2, 0) is 0 Å². The Labute approximate surface area is 177 Å². The first kappa shape index (κ1) is 21.2. The second-order valence-electron chi connectivity index (χ2n) is 6.31. The number of hydrazone groups is 1. The van der Waals surface area contributed by atoms with Gasteiger partial charge in [-0.05, 0) is 48.5 Å². The van der Waals surface area contributed by atoms with Gasteiger partial charge in [-0.3, -0.25) is 19.7 Å². The van der Waals surface area contributed by atoms with E-state index in [0.29, 0.717) is 28.1 Å². The predicted molar refractivity (Wildman–Crippen MR) is 116 cm³/mol. The number of rotatable bonds is 7. The summed E-state index contributed by atoms with van der Waals surface area (Å²) < 4.78 is 5.06. The van der Waals surface area contributed by atoms with Crippen molar-refractivity contribution in [2.45, 2.75) is 0 Å². The van der Waals surface area contributed by atoms with Gasteiger partial charge in [0, 0.05) is 34.5 Å². The maximum atomic E-state index is 12.3. The summed E-state index contributed by atoms with van der Waals surface area (Å²) >= 11 is 0. The molecule has 3 rings (SSSR count). The number of methoxy groups -OCH3 is 1. The van der Waals surface area contributed by atoms with E-state index in [9.17, 15) is 19.7 Å². The van der Waals surface area contributed by atoms with Crippen molar-refractivity contribution in [3.63, 3.8) is 0 Å². The minimum atomic E-state index is -0.509. The van der Waals surface area contributed by atoms with Gasteiger partial charge in [0.2, 0.25) is 0 Å². The first-order chi connectivity index (χ1) is 15.0. The van der Waals surface area contributed by atoms with E-state index in [-0.39, 0.29) is 11.6 Å². The van der Waals surface area contributed by atoms with Gasteiger partial charge in [0.15, 0.2) is 0 Å². The van der Waals surface area contributed by atoms with Gasteiger partial charge in [0.1, 0.15) is 5.75 Å². The molecule has 31 heavy (non-hydrogen) atoms. The monoisotopic (exact) mass is 418 g/mol. The smallest absolute Gasteiger partial charge is 0.271 e. The molecule has 0 spiro atoms. The summed E-state index contributed by atoms with van der Waals surface area (Å²) in [5.74, 6) is -0.101. The van der Waals surface area contributed by atoms with Gasteiger partial charge in [-0.25, -0.2) is 5.43 Å². The largest absolute Gasteiger partial charge is 0.497 e. The predicted octanol–water partition coefficient (Wildman–Crippen LogP) is 3.62. The lowest BCUT2D eigenvalue weighted by Crippen LogP contribution is -2.17. The Morgan fingerprint density at radius 3 is 2.26 bits per heavy atom. The molecular formula is C22H18N4O5. The molecule has 0 radical (unpaired) electrons. The SMILES string of the molecule is COc1ccc(C(=O)Nc2ccc(C(=O)N/N=C\c3cccc([N+](=O)[O-])c3)cc2)cc1. The molecule has 9 heteroatoms. The van der Waals surface area contributed by atoms with Gasteiger partial charge in [-0.2, -0.15) is 5.10 Å². The van der Waals surface area contributed by atoms with Crippen LogP contribution in [0.1, 0.15) is 26.3 Å². The Bertz CT molecular complexity index is 1130. The standard InChI is InChI=1S/C22H18N4O5/c1-31-20-11-7-16(8-12-20)21(27)24-18-9-5-17(6-10-18)22(28)25-23-14-15-3-2-4-19(13-15)26(29)30/h2-14H,1H3,(H,24,27)(H,25,28)/b23-14-. The average molecular weight is 418 g/mol. The zero-order valence-corrected chi connectivity index (χ0v) is 16.4. The van der Waals surface area contributed by atoms with E-state index < -0.39 is 10.8 Å². The highest BCUT2D eigenvalue weighted by Gasteiger charge is 2.09. The topological polar surface area (TPSA) is 123 Å². The fraction of sp³-hybridized carbons (Fsp3) is 0.0455. The molecule has 3 aromatic carbocycles. The molecule has 2 N–H and O–H groups in total. The van der Waals surface area contributed by atoms with E-state index in [2.05, 4.69) is 15.8 Å². The summed E-state index contributed by atoms with van der Waals surface area (Å²) in [6, 6.07) is 18.8. The lowest BCUT2D eigenvalue weighted by atomic mass is 10.1. The van der Waals surface area contributed by atoms with Crippen molar-refractivity contribution in [3.05, 3.63) is 99.6 Å². The third kappa shape index (κ3) is 5.73. The molecule has 0 saturated carbocycles. The summed E-state index contributed by atoms with van der Waals surface area (Å²) in [5, 5.41) is 17.3. The Morgan fingerprint density at radius 2 is 1.61 bits per heavy atom. The molecule has 0 aliphatic carbocycles. The third-order valence-corrected chi connectivity index (χ3v) is 4.22. The molecule has 0 aliphatic heterocycles. The van der Waals surface area contributed by atoms with Crippen molar-refractivity contribution >= 4 is 29.4 Å². The Morgan fingerprint density at radius 1 is 0.968 bits per heavy atom. The van der Waals surface area contributed by atoms with Gasteiger partial charge in [-0.1, -0.05) is 12.1 Å². The second kappa shape index (κ2) is 9.79. The van der Waals surface area contributed by atoms with Crippen molar-refractivity contribution in [3.8, 4) is 5.75 Å². The fourth-order valence-corrected chi connectivity index (χ4v) is 2.60. The van der Waals surface area contributed by atoms with Crippen molar-refractivity contribution in [1.29, 1.82) is 0 Å². The van der Waals surface area contributed by atoms with Crippen LogP contribution in [0.15, 0.2) is 77.9 Å². The maximum Gasteiger partial charge on any atom is 0.271 e. The maximum absolute atomic E-state index is 12.3. The van der Waals surface area contributed by atoms with Crippen molar-refractivity contribution in [2.24, 2.45) is 5.10 Å². The first-order valence-electron chi connectivity index (χ1n) is 9.09. The molecule has 2 amide bonds. The number of nitrogens with one attached hydrogen (secondary N) is 2. The second-order valence-corrected chi connectivity index (χ2v) is 6.31. The normalized spacial score (nSPS) is 10.5. The Kier molecular flexibility index (Phi) is 6.69. The number of benzene rings is 3. The molecule has 0 unspecified atom stereocenters. The number of amides is 2. The van der Waals surface area contributed by atoms with Crippen LogP contribution in [0.5, 0.6) is 5.75 Å². The Hall–Kier alpha value is -4.53. The summed E-state index contributed by atoms with van der Waals surface area (Å²) in [4.78, 5) is 34.7. The molecule has 9 nitrogen and oxygen atoms in total. The van der Waals surface area contributed by atoms with Gasteiger partial charge in [0.25, 0.3) is 17.5 Å². The molecule has 0 atom stereocenters. The number of carbonyl (C=O) groups is 2. The minimum Gasteiger partial charge on any atom is -0.497 e. The molecule has 3 aromatic rings. The van der Waals surface area contributed by atoms with Gasteiger partial charge in [-0.15, -0.1) is 0 Å². The van der Waals surface area contributed by atoms with Crippen LogP contribution in [0.25, 0.3) is 0 Å². The number of hydrogen-bond donors (Lipinski definition) is 2. The number of nitro groups is 1. The van der Waals surface area contributed by atoms with Crippen LogP contribution < -0.4 is 15.5 Å². The van der Waals surface area contributed by atoms with E-state index in [0.717, 1.165) is 0 Å². The molecule has 0 bridgehead atoms. The molecule has 0 fully saturated rings. The lowest BCUT2D eigenvalue weighted by molar-refractivity contribution is -0.384. The van der Waals surface area contributed by atoms with Crippen LogP contribution in [0.4, 0.5) is 11.4 Å². The van der Waals surface area contributed by atoms with Crippen LogP contribution in [0, 0.1) is 10.1 Å². The highest BCUT2D eigenvalue weighted by Crippen LogP contribution is 2.15. The van der Waals surface area contributed by atoms with Crippen LogP contribution in [-0.4, -0.2) is 30.1 Å². The number of nitro benzene ring substituents is 1.